The second-order valence-corrected chi connectivity index (χ2v) is 6.03. The summed E-state index contributed by atoms with van der Waals surface area (Å²) in [5.74, 6) is 0.670. The van der Waals surface area contributed by atoms with Gasteiger partial charge in [0.05, 0.1) is 0 Å². The first-order valence-electron chi connectivity index (χ1n) is 6.89. The standard InChI is InChI=1S/C15H21BrFN/c1-2-9-18-14(10-11-5-3-6-11)15-12(16)7-4-8-13(15)17/h4,7-8,11,14,18H,2-3,5-6,9-10H2,1H3. The van der Waals surface area contributed by atoms with Gasteiger partial charge in [-0.2, -0.15) is 0 Å². The highest BCUT2D eigenvalue weighted by Crippen LogP contribution is 2.37. The zero-order chi connectivity index (χ0) is 13.0. The zero-order valence-corrected chi connectivity index (χ0v) is 12.5. The summed E-state index contributed by atoms with van der Waals surface area (Å²) < 4.78 is 14.9. The minimum absolute atomic E-state index is 0.0997. The highest BCUT2D eigenvalue weighted by Gasteiger charge is 2.25. The molecule has 1 atom stereocenters. The molecule has 1 nitrogen and oxygen atoms in total. The van der Waals surface area contributed by atoms with Crippen LogP contribution in [0.1, 0.15) is 50.6 Å². The van der Waals surface area contributed by atoms with E-state index in [0.717, 1.165) is 35.3 Å². The summed E-state index contributed by atoms with van der Waals surface area (Å²) in [4.78, 5) is 0. The molecule has 0 saturated heterocycles. The van der Waals surface area contributed by atoms with Crippen molar-refractivity contribution < 1.29 is 4.39 Å². The monoisotopic (exact) mass is 313 g/mol. The normalized spacial score (nSPS) is 17.5. The first-order valence-corrected chi connectivity index (χ1v) is 7.69. The molecule has 0 bridgehead atoms. The van der Waals surface area contributed by atoms with Gasteiger partial charge in [0.2, 0.25) is 0 Å². The van der Waals surface area contributed by atoms with E-state index in [-0.39, 0.29) is 11.9 Å². The molecule has 1 N–H and O–H groups in total. The van der Waals surface area contributed by atoms with Crippen molar-refractivity contribution in [3.63, 3.8) is 0 Å². The van der Waals surface area contributed by atoms with Crippen LogP contribution in [-0.4, -0.2) is 6.54 Å². The summed E-state index contributed by atoms with van der Waals surface area (Å²) in [6, 6.07) is 5.38. The Kier molecular flexibility index (Phi) is 5.19. The average Bonchev–Trinajstić information content (AvgIpc) is 2.29. The third kappa shape index (κ3) is 3.33. The van der Waals surface area contributed by atoms with E-state index in [9.17, 15) is 4.39 Å². The highest BCUT2D eigenvalue weighted by atomic mass is 79.9. The van der Waals surface area contributed by atoms with Gasteiger partial charge < -0.3 is 5.32 Å². The maximum absolute atomic E-state index is 14.0. The van der Waals surface area contributed by atoms with Crippen LogP contribution in [0.5, 0.6) is 0 Å². The van der Waals surface area contributed by atoms with E-state index in [4.69, 9.17) is 0 Å². The topological polar surface area (TPSA) is 12.0 Å². The van der Waals surface area contributed by atoms with Crippen molar-refractivity contribution in [3.8, 4) is 0 Å². The Morgan fingerprint density at radius 2 is 2.22 bits per heavy atom. The van der Waals surface area contributed by atoms with Crippen molar-refractivity contribution in [2.24, 2.45) is 5.92 Å². The van der Waals surface area contributed by atoms with E-state index in [0.29, 0.717) is 0 Å². The van der Waals surface area contributed by atoms with E-state index >= 15 is 0 Å². The zero-order valence-electron chi connectivity index (χ0n) is 10.9. The highest BCUT2D eigenvalue weighted by molar-refractivity contribution is 9.10. The molecule has 1 aromatic rings. The second-order valence-electron chi connectivity index (χ2n) is 5.17. The van der Waals surface area contributed by atoms with Gasteiger partial charge in [0.1, 0.15) is 5.82 Å². The van der Waals surface area contributed by atoms with Crippen LogP contribution >= 0.6 is 15.9 Å². The number of hydrogen-bond acceptors (Lipinski definition) is 1. The molecule has 1 saturated carbocycles. The van der Waals surface area contributed by atoms with Crippen LogP contribution in [0.4, 0.5) is 4.39 Å². The third-order valence-corrected chi connectivity index (χ3v) is 4.47. The predicted molar refractivity (Wildman–Crippen MR) is 77.1 cm³/mol. The molecule has 2 rings (SSSR count). The molecule has 18 heavy (non-hydrogen) atoms. The fraction of sp³-hybridized carbons (Fsp3) is 0.600. The SMILES string of the molecule is CCCNC(CC1CCC1)c1c(F)cccc1Br. The fourth-order valence-electron chi connectivity index (χ4n) is 2.53. The van der Waals surface area contributed by atoms with E-state index in [1.807, 2.05) is 6.07 Å². The minimum Gasteiger partial charge on any atom is -0.310 e. The molecule has 100 valence electrons. The molecule has 0 aromatic heterocycles. The number of hydrogen-bond donors (Lipinski definition) is 1. The fourth-order valence-corrected chi connectivity index (χ4v) is 3.15. The third-order valence-electron chi connectivity index (χ3n) is 3.78. The van der Waals surface area contributed by atoms with E-state index in [1.54, 1.807) is 12.1 Å². The lowest BCUT2D eigenvalue weighted by atomic mass is 9.79. The molecule has 1 aliphatic rings. The van der Waals surface area contributed by atoms with Gasteiger partial charge in [-0.3, -0.25) is 0 Å². The lowest BCUT2D eigenvalue weighted by molar-refractivity contribution is 0.258. The average molecular weight is 314 g/mol. The largest absolute Gasteiger partial charge is 0.310 e. The summed E-state index contributed by atoms with van der Waals surface area (Å²) in [6.07, 6.45) is 6.07. The smallest absolute Gasteiger partial charge is 0.129 e. The summed E-state index contributed by atoms with van der Waals surface area (Å²) in [5.41, 5.74) is 0.804. The number of nitrogens with one attached hydrogen (secondary N) is 1. The summed E-state index contributed by atoms with van der Waals surface area (Å²) in [6.45, 7) is 3.09. The van der Waals surface area contributed by atoms with E-state index in [2.05, 4.69) is 28.2 Å². The van der Waals surface area contributed by atoms with Gasteiger partial charge >= 0.3 is 0 Å². The number of halogens is 2. The van der Waals surface area contributed by atoms with Crippen LogP contribution in [0, 0.1) is 11.7 Å². The van der Waals surface area contributed by atoms with Gasteiger partial charge in [0.25, 0.3) is 0 Å². The van der Waals surface area contributed by atoms with Gasteiger partial charge in [-0.1, -0.05) is 48.2 Å². The minimum atomic E-state index is -0.0997. The molecule has 1 unspecified atom stereocenters. The molecular formula is C15H21BrFN. The van der Waals surface area contributed by atoms with E-state index in [1.165, 1.54) is 19.3 Å². The Bertz CT molecular complexity index is 370. The first kappa shape index (κ1) is 14.0. The summed E-state index contributed by atoms with van der Waals surface area (Å²) in [7, 11) is 0. The van der Waals surface area contributed by atoms with Crippen molar-refractivity contribution in [2.75, 3.05) is 6.54 Å². The Labute approximate surface area is 117 Å². The molecule has 0 radical (unpaired) electrons. The molecule has 0 spiro atoms. The van der Waals surface area contributed by atoms with Gasteiger partial charge in [-0.15, -0.1) is 0 Å². The number of benzene rings is 1. The molecule has 3 heteroatoms. The molecular weight excluding hydrogens is 293 g/mol. The molecule has 1 aromatic carbocycles. The van der Waals surface area contributed by atoms with Gasteiger partial charge in [0.15, 0.2) is 0 Å². The van der Waals surface area contributed by atoms with Crippen molar-refractivity contribution >= 4 is 15.9 Å². The van der Waals surface area contributed by atoms with Crippen molar-refractivity contribution in [2.45, 2.75) is 45.1 Å². The maximum Gasteiger partial charge on any atom is 0.129 e. The van der Waals surface area contributed by atoms with Crippen LogP contribution in [0.15, 0.2) is 22.7 Å². The summed E-state index contributed by atoms with van der Waals surface area (Å²) in [5, 5.41) is 3.50. The quantitative estimate of drug-likeness (QED) is 0.794. The summed E-state index contributed by atoms with van der Waals surface area (Å²) >= 11 is 3.49. The molecule has 1 aliphatic carbocycles. The lowest BCUT2D eigenvalue weighted by Gasteiger charge is -2.31. The Morgan fingerprint density at radius 1 is 1.44 bits per heavy atom. The molecule has 0 aliphatic heterocycles. The molecule has 0 amide bonds. The Balaban J connectivity index is 2.14. The van der Waals surface area contributed by atoms with Crippen LogP contribution < -0.4 is 5.32 Å². The first-order chi connectivity index (χ1) is 8.72. The Morgan fingerprint density at radius 3 is 2.78 bits per heavy atom. The molecule has 0 heterocycles. The second kappa shape index (κ2) is 6.67. The number of rotatable bonds is 6. The van der Waals surface area contributed by atoms with Gasteiger partial charge in [-0.05, 0) is 37.4 Å². The molecule has 1 fully saturated rings. The van der Waals surface area contributed by atoms with Crippen LogP contribution in [0.2, 0.25) is 0 Å². The van der Waals surface area contributed by atoms with Crippen LogP contribution in [0.3, 0.4) is 0 Å². The Hall–Kier alpha value is -0.410. The van der Waals surface area contributed by atoms with Gasteiger partial charge in [-0.25, -0.2) is 4.39 Å². The van der Waals surface area contributed by atoms with Crippen molar-refractivity contribution in [3.05, 3.63) is 34.1 Å². The van der Waals surface area contributed by atoms with E-state index < -0.39 is 0 Å². The predicted octanol–water partition coefficient (Wildman–Crippen LogP) is 4.82. The lowest BCUT2D eigenvalue weighted by Crippen LogP contribution is -2.27. The van der Waals surface area contributed by atoms with Crippen LogP contribution in [0.25, 0.3) is 0 Å². The van der Waals surface area contributed by atoms with Crippen LogP contribution in [-0.2, 0) is 0 Å². The van der Waals surface area contributed by atoms with Gasteiger partial charge in [0, 0.05) is 16.1 Å². The maximum atomic E-state index is 14.0. The van der Waals surface area contributed by atoms with Crippen molar-refractivity contribution in [1.29, 1.82) is 0 Å². The van der Waals surface area contributed by atoms with Crippen molar-refractivity contribution in [1.82, 2.24) is 5.32 Å².